The summed E-state index contributed by atoms with van der Waals surface area (Å²) in [6.45, 7) is 7.89. The lowest BCUT2D eigenvalue weighted by Crippen LogP contribution is -2.46. The first-order chi connectivity index (χ1) is 8.90. The molecule has 0 spiro atoms. The zero-order valence-electron chi connectivity index (χ0n) is 11.7. The van der Waals surface area contributed by atoms with Crippen LogP contribution >= 0.6 is 23.8 Å². The average Bonchev–Trinajstić information content (AvgIpc) is 2.33. The molecule has 3 unspecified atom stereocenters. The molecule has 1 aromatic carbocycles. The lowest BCUT2D eigenvalue weighted by Gasteiger charge is -2.43. The Morgan fingerprint density at radius 2 is 2.05 bits per heavy atom. The van der Waals surface area contributed by atoms with Crippen LogP contribution in [0.25, 0.3) is 0 Å². The fourth-order valence-electron chi connectivity index (χ4n) is 2.98. The summed E-state index contributed by atoms with van der Waals surface area (Å²) in [5.74, 6) is 1.33. The van der Waals surface area contributed by atoms with Crippen LogP contribution in [0.2, 0.25) is 5.02 Å². The van der Waals surface area contributed by atoms with E-state index < -0.39 is 0 Å². The standard InChI is InChI=1S/C15H21ClN2S/c1-9-6-10(2)11(3)18(8-9)14-7-12(16)4-5-13(14)15(17)19/h4-5,7,9-11H,6,8H2,1-3H3,(H2,17,19). The van der Waals surface area contributed by atoms with E-state index in [0.717, 1.165) is 22.8 Å². The molecule has 19 heavy (non-hydrogen) atoms. The van der Waals surface area contributed by atoms with E-state index in [4.69, 9.17) is 29.6 Å². The maximum absolute atomic E-state index is 6.15. The summed E-state index contributed by atoms with van der Waals surface area (Å²) in [5, 5.41) is 0.730. The number of thiocarbonyl (C=S) groups is 1. The first kappa shape index (κ1) is 14.6. The molecule has 1 aliphatic rings. The Kier molecular flexibility index (Phi) is 4.36. The quantitative estimate of drug-likeness (QED) is 0.841. The number of hydrogen-bond donors (Lipinski definition) is 1. The third-order valence-electron chi connectivity index (χ3n) is 4.13. The Bertz CT molecular complexity index is 489. The molecule has 0 saturated carbocycles. The van der Waals surface area contributed by atoms with E-state index in [2.05, 4.69) is 25.7 Å². The molecule has 2 rings (SSSR count). The molecule has 1 saturated heterocycles. The summed E-state index contributed by atoms with van der Waals surface area (Å²) in [6.07, 6.45) is 1.26. The second kappa shape index (κ2) is 5.68. The summed E-state index contributed by atoms with van der Waals surface area (Å²) in [5.41, 5.74) is 7.85. The molecule has 1 aliphatic heterocycles. The lowest BCUT2D eigenvalue weighted by molar-refractivity contribution is 0.297. The Balaban J connectivity index is 2.44. The van der Waals surface area contributed by atoms with Crippen LogP contribution in [0.1, 0.15) is 32.8 Å². The van der Waals surface area contributed by atoms with Crippen LogP contribution in [0.15, 0.2) is 18.2 Å². The van der Waals surface area contributed by atoms with Crippen LogP contribution in [-0.4, -0.2) is 17.6 Å². The smallest absolute Gasteiger partial charge is 0.106 e. The number of nitrogens with zero attached hydrogens (tertiary/aromatic N) is 1. The van der Waals surface area contributed by atoms with Gasteiger partial charge in [0.15, 0.2) is 0 Å². The number of anilines is 1. The van der Waals surface area contributed by atoms with E-state index in [1.807, 2.05) is 18.2 Å². The van der Waals surface area contributed by atoms with Gasteiger partial charge in [0, 0.05) is 28.9 Å². The first-order valence-electron chi connectivity index (χ1n) is 6.76. The molecule has 0 amide bonds. The minimum absolute atomic E-state index is 0.435. The fourth-order valence-corrected chi connectivity index (χ4v) is 3.32. The second-order valence-electron chi connectivity index (χ2n) is 5.74. The topological polar surface area (TPSA) is 29.3 Å². The zero-order chi connectivity index (χ0) is 14.2. The summed E-state index contributed by atoms with van der Waals surface area (Å²) >= 11 is 11.3. The summed E-state index contributed by atoms with van der Waals surface area (Å²) < 4.78 is 0. The molecule has 0 aliphatic carbocycles. The number of hydrogen-bond acceptors (Lipinski definition) is 2. The summed E-state index contributed by atoms with van der Waals surface area (Å²) in [6, 6.07) is 6.23. The molecule has 1 heterocycles. The largest absolute Gasteiger partial charge is 0.389 e. The highest BCUT2D eigenvalue weighted by atomic mass is 35.5. The third-order valence-corrected chi connectivity index (χ3v) is 4.59. The van der Waals surface area contributed by atoms with Crippen LogP contribution < -0.4 is 10.6 Å². The van der Waals surface area contributed by atoms with Crippen LogP contribution in [0.5, 0.6) is 0 Å². The van der Waals surface area contributed by atoms with Gasteiger partial charge < -0.3 is 10.6 Å². The van der Waals surface area contributed by atoms with Crippen molar-refractivity contribution in [2.45, 2.75) is 33.2 Å². The van der Waals surface area contributed by atoms with E-state index in [1.54, 1.807) is 0 Å². The minimum atomic E-state index is 0.435. The molecule has 0 bridgehead atoms. The van der Waals surface area contributed by atoms with Gasteiger partial charge in [-0.25, -0.2) is 0 Å². The van der Waals surface area contributed by atoms with Crippen molar-refractivity contribution < 1.29 is 0 Å². The van der Waals surface area contributed by atoms with Crippen LogP contribution in [0, 0.1) is 11.8 Å². The van der Waals surface area contributed by atoms with Crippen molar-refractivity contribution >= 4 is 34.5 Å². The van der Waals surface area contributed by atoms with Gasteiger partial charge in [0.05, 0.1) is 0 Å². The monoisotopic (exact) mass is 296 g/mol. The van der Waals surface area contributed by atoms with Crippen molar-refractivity contribution in [2.75, 3.05) is 11.4 Å². The first-order valence-corrected chi connectivity index (χ1v) is 7.54. The SMILES string of the molecule is CC1CC(C)C(C)N(c2cc(Cl)ccc2C(N)=S)C1. The number of piperidine rings is 1. The van der Waals surface area contributed by atoms with Crippen molar-refractivity contribution in [1.82, 2.24) is 0 Å². The van der Waals surface area contributed by atoms with Crippen LogP contribution in [0.3, 0.4) is 0 Å². The molecule has 0 aromatic heterocycles. The van der Waals surface area contributed by atoms with E-state index in [9.17, 15) is 0 Å². The van der Waals surface area contributed by atoms with E-state index in [0.29, 0.717) is 22.9 Å². The van der Waals surface area contributed by atoms with E-state index in [1.165, 1.54) is 6.42 Å². The van der Waals surface area contributed by atoms with Gasteiger partial charge in [-0.15, -0.1) is 0 Å². The van der Waals surface area contributed by atoms with Crippen molar-refractivity contribution in [3.63, 3.8) is 0 Å². The molecule has 1 fully saturated rings. The van der Waals surface area contributed by atoms with Crippen molar-refractivity contribution in [3.8, 4) is 0 Å². The van der Waals surface area contributed by atoms with E-state index in [-0.39, 0.29) is 0 Å². The van der Waals surface area contributed by atoms with Crippen molar-refractivity contribution in [3.05, 3.63) is 28.8 Å². The highest BCUT2D eigenvalue weighted by molar-refractivity contribution is 7.80. The molecular formula is C15H21ClN2S. The van der Waals surface area contributed by atoms with Gasteiger partial charge >= 0.3 is 0 Å². The van der Waals surface area contributed by atoms with E-state index >= 15 is 0 Å². The molecule has 104 valence electrons. The van der Waals surface area contributed by atoms with Gasteiger partial charge in [0.2, 0.25) is 0 Å². The highest BCUT2D eigenvalue weighted by Crippen LogP contribution is 2.34. The zero-order valence-corrected chi connectivity index (χ0v) is 13.3. The molecular weight excluding hydrogens is 276 g/mol. The molecule has 2 nitrogen and oxygen atoms in total. The summed E-state index contributed by atoms with van der Waals surface area (Å²) in [4.78, 5) is 2.84. The molecule has 3 atom stereocenters. The van der Waals surface area contributed by atoms with Gasteiger partial charge in [-0.2, -0.15) is 0 Å². The Morgan fingerprint density at radius 1 is 1.37 bits per heavy atom. The predicted molar refractivity (Wildman–Crippen MR) is 87.1 cm³/mol. The molecule has 0 radical (unpaired) electrons. The Hall–Kier alpha value is -0.800. The Morgan fingerprint density at radius 3 is 2.68 bits per heavy atom. The Labute approximate surface area is 125 Å². The minimum Gasteiger partial charge on any atom is -0.389 e. The van der Waals surface area contributed by atoms with Gasteiger partial charge in [-0.3, -0.25) is 0 Å². The number of halogens is 1. The van der Waals surface area contributed by atoms with Gasteiger partial charge in [-0.05, 0) is 43.4 Å². The number of nitrogens with two attached hydrogens (primary N) is 1. The molecule has 2 N–H and O–H groups in total. The predicted octanol–water partition coefficient (Wildman–Crippen LogP) is 3.85. The van der Waals surface area contributed by atoms with Gasteiger partial charge in [0.1, 0.15) is 4.99 Å². The fraction of sp³-hybridized carbons (Fsp3) is 0.533. The van der Waals surface area contributed by atoms with Gasteiger partial charge in [-0.1, -0.05) is 37.7 Å². The van der Waals surface area contributed by atoms with Crippen molar-refractivity contribution in [1.29, 1.82) is 0 Å². The lowest BCUT2D eigenvalue weighted by atomic mass is 9.85. The summed E-state index contributed by atoms with van der Waals surface area (Å²) in [7, 11) is 0. The molecule has 4 heteroatoms. The second-order valence-corrected chi connectivity index (χ2v) is 6.61. The van der Waals surface area contributed by atoms with Crippen LogP contribution in [-0.2, 0) is 0 Å². The maximum atomic E-state index is 6.15. The average molecular weight is 297 g/mol. The molecule has 1 aromatic rings. The normalized spacial score (nSPS) is 27.4. The maximum Gasteiger partial charge on any atom is 0.106 e. The third kappa shape index (κ3) is 3.03. The van der Waals surface area contributed by atoms with Crippen LogP contribution in [0.4, 0.5) is 5.69 Å². The van der Waals surface area contributed by atoms with Crippen molar-refractivity contribution in [2.24, 2.45) is 17.6 Å². The number of rotatable bonds is 2. The highest BCUT2D eigenvalue weighted by Gasteiger charge is 2.30. The number of benzene rings is 1. The van der Waals surface area contributed by atoms with Gasteiger partial charge in [0.25, 0.3) is 0 Å².